The van der Waals surface area contributed by atoms with Gasteiger partial charge in [-0.1, -0.05) is 6.07 Å². The summed E-state index contributed by atoms with van der Waals surface area (Å²) < 4.78 is 32.7. The van der Waals surface area contributed by atoms with Crippen LogP contribution in [-0.2, 0) is 10.0 Å². The first-order valence-corrected chi connectivity index (χ1v) is 10.3. The van der Waals surface area contributed by atoms with Crippen LogP contribution in [0, 0.1) is 10.1 Å². The average molecular weight is 429 g/mol. The number of nitro benzene ring substituents is 1. The SMILES string of the molecule is CC(C)NS(=O)(=O)c1ccc(Nc2cccc(Oc3cnccn3)c2)c([N+](=O)[O-])c1. The third kappa shape index (κ3) is 5.27. The Bertz CT molecular complexity index is 1150. The van der Waals surface area contributed by atoms with Crippen LogP contribution in [0.15, 0.2) is 66.0 Å². The van der Waals surface area contributed by atoms with E-state index in [-0.39, 0.29) is 22.3 Å². The maximum Gasteiger partial charge on any atom is 0.294 e. The molecule has 156 valence electrons. The van der Waals surface area contributed by atoms with Gasteiger partial charge in [-0.3, -0.25) is 15.1 Å². The lowest BCUT2D eigenvalue weighted by molar-refractivity contribution is -0.384. The Hall–Kier alpha value is -3.57. The first kappa shape index (κ1) is 21.1. The molecule has 0 amide bonds. The fraction of sp³-hybridized carbons (Fsp3) is 0.158. The second-order valence-corrected chi connectivity index (χ2v) is 8.22. The highest BCUT2D eigenvalue weighted by atomic mass is 32.2. The molecule has 0 radical (unpaired) electrons. The fourth-order valence-corrected chi connectivity index (χ4v) is 3.84. The third-order valence-corrected chi connectivity index (χ3v) is 5.40. The lowest BCUT2D eigenvalue weighted by atomic mass is 10.2. The Balaban J connectivity index is 1.88. The summed E-state index contributed by atoms with van der Waals surface area (Å²) in [5, 5.41) is 14.5. The molecule has 2 aromatic carbocycles. The molecule has 0 aliphatic heterocycles. The quantitative estimate of drug-likeness (QED) is 0.409. The molecule has 0 atom stereocenters. The van der Waals surface area contributed by atoms with Crippen LogP contribution in [0.2, 0.25) is 0 Å². The predicted octanol–water partition coefficient (Wildman–Crippen LogP) is 3.61. The molecular weight excluding hydrogens is 410 g/mol. The Kier molecular flexibility index (Phi) is 6.23. The Morgan fingerprint density at radius 2 is 1.93 bits per heavy atom. The normalized spacial score (nSPS) is 11.3. The minimum atomic E-state index is -3.86. The van der Waals surface area contributed by atoms with Crippen LogP contribution in [0.5, 0.6) is 11.6 Å². The van der Waals surface area contributed by atoms with E-state index < -0.39 is 14.9 Å². The van der Waals surface area contributed by atoms with Gasteiger partial charge >= 0.3 is 0 Å². The third-order valence-electron chi connectivity index (χ3n) is 3.74. The van der Waals surface area contributed by atoms with E-state index in [1.807, 2.05) is 0 Å². The van der Waals surface area contributed by atoms with Crippen molar-refractivity contribution in [3.8, 4) is 11.6 Å². The Morgan fingerprint density at radius 1 is 1.13 bits per heavy atom. The molecule has 0 saturated carbocycles. The van der Waals surface area contributed by atoms with Crippen LogP contribution in [-0.4, -0.2) is 29.4 Å². The van der Waals surface area contributed by atoms with E-state index in [0.717, 1.165) is 6.07 Å². The van der Waals surface area contributed by atoms with Gasteiger partial charge in [-0.2, -0.15) is 0 Å². The maximum absolute atomic E-state index is 12.3. The van der Waals surface area contributed by atoms with Gasteiger partial charge in [-0.15, -0.1) is 0 Å². The standard InChI is InChI=1S/C19H19N5O5S/c1-13(2)23-30(27,28)16-6-7-17(18(11-16)24(25)26)22-14-4-3-5-15(10-14)29-19-12-20-8-9-21-19/h3-13,22-23H,1-2H3. The van der Waals surface area contributed by atoms with Gasteiger partial charge < -0.3 is 10.1 Å². The predicted molar refractivity (Wildman–Crippen MR) is 110 cm³/mol. The first-order chi connectivity index (χ1) is 14.2. The number of anilines is 2. The van der Waals surface area contributed by atoms with E-state index in [4.69, 9.17) is 4.74 Å². The summed E-state index contributed by atoms with van der Waals surface area (Å²) in [5.41, 5.74) is 0.275. The van der Waals surface area contributed by atoms with Crippen molar-refractivity contribution >= 4 is 27.1 Å². The highest BCUT2D eigenvalue weighted by molar-refractivity contribution is 7.89. The summed E-state index contributed by atoms with van der Waals surface area (Å²) in [5.74, 6) is 0.747. The van der Waals surface area contributed by atoms with E-state index in [1.54, 1.807) is 38.1 Å². The monoisotopic (exact) mass is 429 g/mol. The number of benzene rings is 2. The molecule has 3 aromatic rings. The van der Waals surface area contributed by atoms with Crippen LogP contribution < -0.4 is 14.8 Å². The maximum atomic E-state index is 12.3. The molecular formula is C19H19N5O5S. The van der Waals surface area contributed by atoms with Gasteiger partial charge in [0.05, 0.1) is 16.0 Å². The molecule has 0 aliphatic rings. The number of ether oxygens (including phenoxy) is 1. The minimum Gasteiger partial charge on any atom is -0.437 e. The summed E-state index contributed by atoms with van der Waals surface area (Å²) in [7, 11) is -3.86. The second-order valence-electron chi connectivity index (χ2n) is 6.51. The molecule has 3 rings (SSSR count). The van der Waals surface area contributed by atoms with E-state index >= 15 is 0 Å². The summed E-state index contributed by atoms with van der Waals surface area (Å²) >= 11 is 0. The zero-order valence-electron chi connectivity index (χ0n) is 16.1. The minimum absolute atomic E-state index is 0.139. The van der Waals surface area contributed by atoms with Crippen molar-refractivity contribution in [3.63, 3.8) is 0 Å². The summed E-state index contributed by atoms with van der Waals surface area (Å²) in [6.45, 7) is 3.33. The van der Waals surface area contributed by atoms with Gasteiger partial charge in [0.25, 0.3) is 5.69 Å². The largest absolute Gasteiger partial charge is 0.437 e. The molecule has 1 aromatic heterocycles. The zero-order valence-corrected chi connectivity index (χ0v) is 17.0. The molecule has 11 heteroatoms. The number of nitro groups is 1. The van der Waals surface area contributed by atoms with Crippen LogP contribution in [0.25, 0.3) is 0 Å². The molecule has 0 aliphatic carbocycles. The van der Waals surface area contributed by atoms with Gasteiger partial charge in [0.15, 0.2) is 0 Å². The molecule has 10 nitrogen and oxygen atoms in total. The molecule has 1 heterocycles. The number of sulfonamides is 1. The zero-order chi connectivity index (χ0) is 21.7. The molecule has 0 saturated heterocycles. The lowest BCUT2D eigenvalue weighted by Crippen LogP contribution is -2.30. The van der Waals surface area contributed by atoms with Crippen LogP contribution in [0.1, 0.15) is 13.8 Å². The van der Waals surface area contributed by atoms with Crippen molar-refractivity contribution < 1.29 is 18.1 Å². The van der Waals surface area contributed by atoms with E-state index in [0.29, 0.717) is 17.3 Å². The van der Waals surface area contributed by atoms with Crippen molar-refractivity contribution in [2.24, 2.45) is 0 Å². The molecule has 0 unspecified atom stereocenters. The number of hydrogen-bond donors (Lipinski definition) is 2. The molecule has 0 fully saturated rings. The first-order valence-electron chi connectivity index (χ1n) is 8.86. The number of nitrogens with zero attached hydrogens (tertiary/aromatic N) is 3. The van der Waals surface area contributed by atoms with Crippen molar-refractivity contribution in [1.29, 1.82) is 0 Å². The van der Waals surface area contributed by atoms with Crippen LogP contribution in [0.4, 0.5) is 17.1 Å². The number of hydrogen-bond acceptors (Lipinski definition) is 8. The topological polar surface area (TPSA) is 136 Å². The molecule has 2 N–H and O–H groups in total. The average Bonchev–Trinajstić information content (AvgIpc) is 2.68. The summed E-state index contributed by atoms with van der Waals surface area (Å²) in [6.07, 6.45) is 4.46. The summed E-state index contributed by atoms with van der Waals surface area (Å²) in [6, 6.07) is 10.0. The molecule has 0 bridgehead atoms. The van der Waals surface area contributed by atoms with Crippen LogP contribution >= 0.6 is 0 Å². The number of nitrogens with one attached hydrogen (secondary N) is 2. The fourth-order valence-electron chi connectivity index (χ4n) is 2.57. The number of aromatic nitrogens is 2. The van der Waals surface area contributed by atoms with Gasteiger partial charge in [0, 0.05) is 36.3 Å². The van der Waals surface area contributed by atoms with Crippen LogP contribution in [0.3, 0.4) is 0 Å². The Labute approximate surface area is 173 Å². The van der Waals surface area contributed by atoms with Gasteiger partial charge in [-0.25, -0.2) is 18.1 Å². The Morgan fingerprint density at radius 3 is 2.60 bits per heavy atom. The van der Waals surface area contributed by atoms with Crippen molar-refractivity contribution in [1.82, 2.24) is 14.7 Å². The number of rotatable bonds is 8. The molecule has 30 heavy (non-hydrogen) atoms. The van der Waals surface area contributed by atoms with E-state index in [1.165, 1.54) is 30.7 Å². The smallest absolute Gasteiger partial charge is 0.294 e. The second kappa shape index (κ2) is 8.84. The van der Waals surface area contributed by atoms with Gasteiger partial charge in [-0.05, 0) is 38.1 Å². The van der Waals surface area contributed by atoms with Crippen molar-refractivity contribution in [2.45, 2.75) is 24.8 Å². The van der Waals surface area contributed by atoms with Gasteiger partial charge in [0.1, 0.15) is 11.4 Å². The highest BCUT2D eigenvalue weighted by Crippen LogP contribution is 2.31. The highest BCUT2D eigenvalue weighted by Gasteiger charge is 2.22. The van der Waals surface area contributed by atoms with E-state index in [9.17, 15) is 18.5 Å². The van der Waals surface area contributed by atoms with Crippen molar-refractivity contribution in [3.05, 3.63) is 71.2 Å². The van der Waals surface area contributed by atoms with Gasteiger partial charge in [0.2, 0.25) is 15.9 Å². The lowest BCUT2D eigenvalue weighted by Gasteiger charge is -2.12. The molecule has 0 spiro atoms. The van der Waals surface area contributed by atoms with E-state index in [2.05, 4.69) is 20.0 Å². The summed E-state index contributed by atoms with van der Waals surface area (Å²) in [4.78, 5) is 18.6. The van der Waals surface area contributed by atoms with Crippen molar-refractivity contribution in [2.75, 3.05) is 5.32 Å².